The fourth-order valence-corrected chi connectivity index (χ4v) is 6.68. The van der Waals surface area contributed by atoms with Gasteiger partial charge in [0.2, 0.25) is 15.7 Å². The molecule has 1 aromatic carbocycles. The van der Waals surface area contributed by atoms with Gasteiger partial charge in [-0.15, -0.1) is 11.3 Å². The number of alkyl halides is 2. The third kappa shape index (κ3) is 5.48. The lowest BCUT2D eigenvalue weighted by Crippen LogP contribution is -2.34. The predicted molar refractivity (Wildman–Crippen MR) is 127 cm³/mol. The van der Waals surface area contributed by atoms with Gasteiger partial charge in [-0.1, -0.05) is 31.4 Å². The smallest absolute Gasteiger partial charge is 0.316 e. The molecular weight excluding hydrogens is 480 g/mol. The topological polar surface area (TPSA) is 90.3 Å². The molecule has 1 aliphatic carbocycles. The molecular formula is C24H27F2N3O3S2. The van der Waals surface area contributed by atoms with Gasteiger partial charge in [-0.05, 0) is 42.9 Å². The molecule has 34 heavy (non-hydrogen) atoms. The van der Waals surface area contributed by atoms with Crippen LogP contribution in [0, 0.1) is 17.2 Å². The van der Waals surface area contributed by atoms with Crippen molar-refractivity contribution in [2.45, 2.75) is 62.1 Å². The van der Waals surface area contributed by atoms with Crippen LogP contribution < -0.4 is 5.32 Å². The summed E-state index contributed by atoms with van der Waals surface area (Å²) in [5, 5.41) is 13.2. The highest BCUT2D eigenvalue weighted by Crippen LogP contribution is 2.37. The van der Waals surface area contributed by atoms with E-state index in [1.54, 1.807) is 0 Å². The van der Waals surface area contributed by atoms with Gasteiger partial charge in [0, 0.05) is 30.1 Å². The number of amides is 1. The van der Waals surface area contributed by atoms with Gasteiger partial charge in [0.1, 0.15) is 11.1 Å². The van der Waals surface area contributed by atoms with Gasteiger partial charge in [-0.3, -0.25) is 9.69 Å². The summed E-state index contributed by atoms with van der Waals surface area (Å²) in [6.07, 6.45) is 7.27. The van der Waals surface area contributed by atoms with E-state index >= 15 is 0 Å². The zero-order valence-corrected chi connectivity index (χ0v) is 20.4. The van der Waals surface area contributed by atoms with Crippen molar-refractivity contribution < 1.29 is 22.0 Å². The fraction of sp³-hybridized carbons (Fsp3) is 0.500. The minimum Gasteiger partial charge on any atom is -0.316 e. The first kappa shape index (κ1) is 24.8. The molecule has 0 unspecified atom stereocenters. The molecule has 1 N–H and O–H groups in total. The molecule has 1 fully saturated rings. The molecule has 0 spiro atoms. The number of anilines is 1. The number of hydrogen-bond acceptors (Lipinski definition) is 6. The van der Waals surface area contributed by atoms with Crippen molar-refractivity contribution in [1.29, 1.82) is 5.26 Å². The van der Waals surface area contributed by atoms with Gasteiger partial charge in [-0.2, -0.15) is 14.0 Å². The number of sulfone groups is 1. The van der Waals surface area contributed by atoms with Crippen LogP contribution in [0.5, 0.6) is 0 Å². The van der Waals surface area contributed by atoms with Gasteiger partial charge in [0.15, 0.2) is 0 Å². The zero-order valence-electron chi connectivity index (χ0n) is 18.7. The van der Waals surface area contributed by atoms with E-state index in [9.17, 15) is 27.3 Å². The van der Waals surface area contributed by atoms with E-state index in [4.69, 9.17) is 0 Å². The summed E-state index contributed by atoms with van der Waals surface area (Å²) in [4.78, 5) is 15.7. The third-order valence-electron chi connectivity index (χ3n) is 6.58. The molecule has 1 saturated carbocycles. The van der Waals surface area contributed by atoms with Crippen molar-refractivity contribution in [3.8, 4) is 6.07 Å². The van der Waals surface area contributed by atoms with Crippen molar-refractivity contribution in [1.82, 2.24) is 4.90 Å². The standard InChI is InChI=1S/C24H27F2N3O3S2/c25-24(26)34(31,32)18-8-6-16(7-9-18)12-22(30)28-23-19(13-27)20-15-29(11-10-21(20)33-23)14-17-4-2-1-3-5-17/h6-9,17,24H,1-5,10-12,14-15H2,(H,28,30). The van der Waals surface area contributed by atoms with Crippen molar-refractivity contribution in [2.75, 3.05) is 18.4 Å². The van der Waals surface area contributed by atoms with Gasteiger partial charge in [0.25, 0.3) is 0 Å². The highest BCUT2D eigenvalue weighted by molar-refractivity contribution is 7.91. The highest BCUT2D eigenvalue weighted by atomic mass is 32.2. The number of halogens is 2. The van der Waals surface area contributed by atoms with E-state index in [-0.39, 0.29) is 12.3 Å². The molecule has 1 amide bonds. The Morgan fingerprint density at radius 2 is 1.91 bits per heavy atom. The predicted octanol–water partition coefficient (Wildman–Crippen LogP) is 4.74. The number of nitriles is 1. The Labute approximate surface area is 202 Å². The van der Waals surface area contributed by atoms with Crippen LogP contribution in [0.2, 0.25) is 0 Å². The first-order valence-electron chi connectivity index (χ1n) is 11.5. The maximum Gasteiger partial charge on any atom is 0.341 e. The second-order valence-electron chi connectivity index (χ2n) is 8.98. The number of nitrogens with zero attached hydrogens (tertiary/aromatic N) is 2. The summed E-state index contributed by atoms with van der Waals surface area (Å²) in [6.45, 7) is 2.73. The Hall–Kier alpha value is -2.35. The average Bonchev–Trinajstić information content (AvgIpc) is 3.16. The summed E-state index contributed by atoms with van der Waals surface area (Å²) in [7, 11) is -4.67. The summed E-state index contributed by atoms with van der Waals surface area (Å²) in [6, 6.07) is 7.12. The lowest BCUT2D eigenvalue weighted by Gasteiger charge is -2.32. The highest BCUT2D eigenvalue weighted by Gasteiger charge is 2.28. The number of nitrogens with one attached hydrogen (secondary N) is 1. The monoisotopic (exact) mass is 507 g/mol. The molecule has 1 aromatic heterocycles. The maximum absolute atomic E-state index is 12.7. The molecule has 2 aromatic rings. The second kappa shape index (κ2) is 10.5. The molecule has 182 valence electrons. The molecule has 1 aliphatic heterocycles. The van der Waals surface area contributed by atoms with Crippen LogP contribution in [0.4, 0.5) is 13.8 Å². The lowest BCUT2D eigenvalue weighted by atomic mass is 9.88. The molecule has 0 bridgehead atoms. The molecule has 2 aliphatic rings. The van der Waals surface area contributed by atoms with Gasteiger partial charge < -0.3 is 5.32 Å². The quantitative estimate of drug-likeness (QED) is 0.585. The molecule has 0 atom stereocenters. The van der Waals surface area contributed by atoms with Crippen LogP contribution in [0.3, 0.4) is 0 Å². The first-order chi connectivity index (χ1) is 16.3. The number of rotatable bonds is 7. The van der Waals surface area contributed by atoms with Crippen LogP contribution in [-0.2, 0) is 34.0 Å². The van der Waals surface area contributed by atoms with Crippen molar-refractivity contribution in [2.24, 2.45) is 5.92 Å². The van der Waals surface area contributed by atoms with Crippen LogP contribution in [0.15, 0.2) is 29.2 Å². The number of carbonyl (C=O) groups is 1. The Morgan fingerprint density at radius 3 is 2.56 bits per heavy atom. The molecule has 4 rings (SSSR count). The summed E-state index contributed by atoms with van der Waals surface area (Å²) >= 11 is 1.44. The number of thiophene rings is 1. The number of benzene rings is 1. The molecule has 0 saturated heterocycles. The number of fused-ring (bicyclic) bond motifs is 1. The van der Waals surface area contributed by atoms with Crippen LogP contribution >= 0.6 is 11.3 Å². The van der Waals surface area contributed by atoms with Gasteiger partial charge in [0.05, 0.1) is 16.9 Å². The van der Waals surface area contributed by atoms with Crippen molar-refractivity contribution in [3.05, 3.63) is 45.8 Å². The minimum atomic E-state index is -4.67. The Kier molecular flexibility index (Phi) is 7.65. The van der Waals surface area contributed by atoms with E-state index in [1.165, 1.54) is 55.6 Å². The Balaban J connectivity index is 1.41. The second-order valence-corrected chi connectivity index (χ2v) is 12.0. The average molecular weight is 508 g/mol. The molecule has 10 heteroatoms. The summed E-state index contributed by atoms with van der Waals surface area (Å²) in [5.74, 6) is -3.12. The molecule has 2 heterocycles. The first-order valence-corrected chi connectivity index (χ1v) is 13.8. The van der Waals surface area contributed by atoms with Gasteiger partial charge in [-0.25, -0.2) is 8.42 Å². The number of carbonyl (C=O) groups excluding carboxylic acids is 1. The molecule has 6 nitrogen and oxygen atoms in total. The maximum atomic E-state index is 12.7. The van der Waals surface area contributed by atoms with E-state index in [2.05, 4.69) is 16.3 Å². The van der Waals surface area contributed by atoms with Crippen molar-refractivity contribution >= 4 is 32.1 Å². The normalized spacial score (nSPS) is 17.4. The lowest BCUT2D eigenvalue weighted by molar-refractivity contribution is -0.115. The van der Waals surface area contributed by atoms with Crippen LogP contribution in [0.1, 0.15) is 53.7 Å². The summed E-state index contributed by atoms with van der Waals surface area (Å²) in [5.41, 5.74) is 2.01. The van der Waals surface area contributed by atoms with E-state index < -0.39 is 20.5 Å². The molecule has 0 radical (unpaired) electrons. The van der Waals surface area contributed by atoms with Crippen LogP contribution in [-0.4, -0.2) is 38.1 Å². The van der Waals surface area contributed by atoms with Crippen molar-refractivity contribution in [3.63, 3.8) is 0 Å². The largest absolute Gasteiger partial charge is 0.341 e. The van der Waals surface area contributed by atoms with Crippen LogP contribution in [0.25, 0.3) is 0 Å². The van der Waals surface area contributed by atoms with E-state index in [0.29, 0.717) is 16.1 Å². The van der Waals surface area contributed by atoms with Gasteiger partial charge >= 0.3 is 5.76 Å². The minimum absolute atomic E-state index is 0.0593. The fourth-order valence-electron chi connectivity index (χ4n) is 4.80. The Bertz CT molecular complexity index is 1180. The van der Waals surface area contributed by atoms with E-state index in [0.717, 1.165) is 54.5 Å². The summed E-state index contributed by atoms with van der Waals surface area (Å²) < 4.78 is 48.5. The SMILES string of the molecule is N#Cc1c(NC(=O)Cc2ccc(S(=O)(=O)C(F)F)cc2)sc2c1CN(CC1CCCCC1)CC2. The third-order valence-corrected chi connectivity index (χ3v) is 9.19. The van der Waals surface area contributed by atoms with E-state index in [1.807, 2.05) is 0 Å². The number of hydrogen-bond donors (Lipinski definition) is 1. The Morgan fingerprint density at radius 1 is 1.21 bits per heavy atom. The zero-order chi connectivity index (χ0) is 24.3.